The Balaban J connectivity index is 2.16. The van der Waals surface area contributed by atoms with Crippen LogP contribution in [0.3, 0.4) is 0 Å². The van der Waals surface area contributed by atoms with E-state index >= 15 is 0 Å². The maximum atomic E-state index is 14.3. The normalized spacial score (nSPS) is 24.7. The van der Waals surface area contributed by atoms with Gasteiger partial charge in [0.15, 0.2) is 0 Å². The Morgan fingerprint density at radius 3 is 1.60 bits per heavy atom. The van der Waals surface area contributed by atoms with Crippen LogP contribution in [-0.2, 0) is 64.0 Å². The molecule has 26 nitrogen and oxygen atoms in total. The van der Waals surface area contributed by atoms with Crippen molar-refractivity contribution in [2.75, 3.05) is 13.2 Å². The molecule has 17 N–H and O–H groups in total. The van der Waals surface area contributed by atoms with E-state index < -0.39 is 158 Å². The van der Waals surface area contributed by atoms with Crippen molar-refractivity contribution in [3.63, 3.8) is 0 Å². The number of fused-ring (bicyclic) bond motifs is 1. The number of rotatable bonds is 20. The van der Waals surface area contributed by atoms with Crippen LogP contribution in [0.2, 0.25) is 0 Å². The molecule has 0 aliphatic carbocycles. The summed E-state index contributed by atoms with van der Waals surface area (Å²) < 4.78 is 0. The van der Waals surface area contributed by atoms with Crippen molar-refractivity contribution in [1.29, 1.82) is 0 Å². The smallest absolute Gasteiger partial charge is 0.245 e. The first kappa shape index (κ1) is 59.9. The molecule has 2 heterocycles. The van der Waals surface area contributed by atoms with Crippen LogP contribution in [-0.4, -0.2) is 147 Å². The predicted molar refractivity (Wildman–Crippen MR) is 259 cm³/mol. The highest BCUT2D eigenvalue weighted by Crippen LogP contribution is 2.22. The third kappa shape index (κ3) is 20.7. The fraction of sp³-hybridized carbons (Fsp3) is 0.617. The number of nitrogens with one attached hydrogen (secondary N) is 7. The number of phenolic OH excluding ortho intramolecular Hbond substituents is 1. The third-order valence-electron chi connectivity index (χ3n) is 12.6. The number of carbonyl (C=O) groups is 12. The molecule has 2 aliphatic heterocycles. The number of primary amides is 4. The van der Waals surface area contributed by atoms with Gasteiger partial charge in [0.2, 0.25) is 70.9 Å². The molecule has 0 aromatic heterocycles. The molecule has 26 heteroatoms. The molecular weight excluding hydrogens is 957 g/mol. The van der Waals surface area contributed by atoms with E-state index in [4.69, 9.17) is 22.9 Å². The SMILES string of the molecule is CCC(C)CCCCCC[C@@H]1CC(=O)N2CCC[C@@H]2C(=O)NC(CC(N)=O)C(=O)N[C@@H](CO)C(=O)N[C@@H](CCC(N)=O)C(=O)N[C@@H](CC(N)=O)C(=O)N[C@H](Cc2ccc(O)cc2)C(=O)NC(CC(N)=O)C(=O)N1. The second-order valence-corrected chi connectivity index (χ2v) is 18.6. The molecule has 2 aliphatic rings. The van der Waals surface area contributed by atoms with Gasteiger partial charge in [0.1, 0.15) is 48.0 Å². The molecule has 1 aromatic rings. The Bertz CT molecular complexity index is 2160. The van der Waals surface area contributed by atoms with Gasteiger partial charge in [0.05, 0.1) is 25.9 Å². The van der Waals surface area contributed by atoms with E-state index in [0.717, 1.165) is 32.1 Å². The lowest BCUT2D eigenvalue weighted by Crippen LogP contribution is -2.61. The summed E-state index contributed by atoms with van der Waals surface area (Å²) in [6.07, 6.45) is 1.45. The average molecular weight is 1030 g/mol. The van der Waals surface area contributed by atoms with Crippen molar-refractivity contribution in [2.24, 2.45) is 28.9 Å². The zero-order chi connectivity index (χ0) is 54.4. The van der Waals surface area contributed by atoms with Crippen molar-refractivity contribution < 1.29 is 67.7 Å². The standard InChI is InChI=1S/C47H72N12O14/c1-3-25(2)9-6-4-5-7-10-27-20-40(66)59-18-8-11-35(59)47(73)57-33(23-39(51)65)45(71)58-34(24-60)46(72)53-29(16-17-36(48)62)41(67)55-32(22-38(50)64)44(70)54-30(19-26-12-14-28(61)15-13-26)43(69)56-31(21-37(49)63)42(68)52-27/h12-15,25,27,29-35,60-61H,3-11,16-24H2,1-2H3,(H2,48,62)(H2,49,63)(H2,50,64)(H2,51,65)(H,52,68)(H,53,72)(H,54,70)(H,55,67)(H,56,69)(H,57,73)(H,58,71)/t25?,27-,29+,30-,31?,32+,33?,34+,35-/m1/s1. The minimum absolute atomic E-state index is 0.0753. The molecule has 0 bridgehead atoms. The lowest BCUT2D eigenvalue weighted by molar-refractivity contribution is -0.141. The van der Waals surface area contributed by atoms with Gasteiger partial charge in [-0.15, -0.1) is 0 Å². The number of unbranched alkanes of at least 4 members (excludes halogenated alkanes) is 3. The first-order valence-electron chi connectivity index (χ1n) is 24.5. The lowest BCUT2D eigenvalue weighted by Gasteiger charge is -2.29. The van der Waals surface area contributed by atoms with Crippen LogP contribution in [0.1, 0.15) is 116 Å². The number of nitrogens with two attached hydrogens (primary N) is 4. The summed E-state index contributed by atoms with van der Waals surface area (Å²) in [6, 6.07) is -7.44. The molecule has 0 saturated carbocycles. The second-order valence-electron chi connectivity index (χ2n) is 18.6. The first-order valence-corrected chi connectivity index (χ1v) is 24.5. The summed E-state index contributed by atoms with van der Waals surface area (Å²) in [4.78, 5) is 162. The van der Waals surface area contributed by atoms with E-state index in [1.54, 1.807) is 0 Å². The molecule has 3 unspecified atom stereocenters. The van der Waals surface area contributed by atoms with E-state index in [0.29, 0.717) is 24.3 Å². The van der Waals surface area contributed by atoms with Crippen LogP contribution in [0.25, 0.3) is 0 Å². The van der Waals surface area contributed by atoms with Gasteiger partial charge < -0.3 is 75.3 Å². The van der Waals surface area contributed by atoms with Gasteiger partial charge in [-0.3, -0.25) is 57.5 Å². The molecule has 3 rings (SSSR count). The minimum Gasteiger partial charge on any atom is -0.508 e. The van der Waals surface area contributed by atoms with Gasteiger partial charge >= 0.3 is 0 Å². The highest BCUT2D eigenvalue weighted by atomic mass is 16.3. The fourth-order valence-corrected chi connectivity index (χ4v) is 8.32. The van der Waals surface area contributed by atoms with Crippen molar-refractivity contribution >= 4 is 70.9 Å². The molecule has 73 heavy (non-hydrogen) atoms. The summed E-state index contributed by atoms with van der Waals surface area (Å²) in [6.45, 7) is 3.20. The first-order chi connectivity index (χ1) is 34.5. The number of aliphatic hydroxyl groups is 1. The Hall–Kier alpha value is -7.38. The number of benzene rings is 1. The van der Waals surface area contributed by atoms with Crippen molar-refractivity contribution in [3.8, 4) is 5.75 Å². The van der Waals surface area contributed by atoms with Crippen LogP contribution in [0, 0.1) is 5.92 Å². The Labute approximate surface area is 422 Å². The second kappa shape index (κ2) is 29.8. The number of nitrogens with zero attached hydrogens (tertiary/aromatic N) is 1. The number of carbonyl (C=O) groups excluding carboxylic acids is 12. The molecule has 404 valence electrons. The van der Waals surface area contributed by atoms with Gasteiger partial charge in [-0.1, -0.05) is 64.5 Å². The van der Waals surface area contributed by atoms with Gasteiger partial charge in [-0.05, 0) is 49.3 Å². The largest absolute Gasteiger partial charge is 0.508 e. The number of hydrogen-bond acceptors (Lipinski definition) is 14. The van der Waals surface area contributed by atoms with Crippen LogP contribution < -0.4 is 60.2 Å². The summed E-state index contributed by atoms with van der Waals surface area (Å²) in [5.41, 5.74) is 22.1. The van der Waals surface area contributed by atoms with Crippen LogP contribution >= 0.6 is 0 Å². The number of aromatic hydroxyl groups is 1. The number of hydrogen-bond donors (Lipinski definition) is 13. The molecular formula is C47H72N12O14. The van der Waals surface area contributed by atoms with Gasteiger partial charge in [-0.2, -0.15) is 0 Å². The van der Waals surface area contributed by atoms with E-state index in [-0.39, 0.29) is 38.0 Å². The maximum absolute atomic E-state index is 14.3. The highest BCUT2D eigenvalue weighted by Gasteiger charge is 2.39. The van der Waals surface area contributed by atoms with Crippen molar-refractivity contribution in [1.82, 2.24) is 42.1 Å². The molecule has 2 fully saturated rings. The Morgan fingerprint density at radius 2 is 1.07 bits per heavy atom. The molecule has 1 aromatic carbocycles. The van der Waals surface area contributed by atoms with E-state index in [2.05, 4.69) is 51.1 Å². The van der Waals surface area contributed by atoms with Gasteiger partial charge in [0.25, 0.3) is 0 Å². The monoisotopic (exact) mass is 1030 g/mol. The number of amides is 12. The summed E-state index contributed by atoms with van der Waals surface area (Å²) >= 11 is 0. The molecule has 12 amide bonds. The van der Waals surface area contributed by atoms with Crippen molar-refractivity contribution in [2.45, 2.75) is 165 Å². The highest BCUT2D eigenvalue weighted by molar-refractivity contribution is 6.00. The quantitative estimate of drug-likeness (QED) is 0.0554. The molecule has 0 radical (unpaired) electrons. The zero-order valence-corrected chi connectivity index (χ0v) is 41.3. The zero-order valence-electron chi connectivity index (χ0n) is 41.3. The summed E-state index contributed by atoms with van der Waals surface area (Å²) in [7, 11) is 0. The van der Waals surface area contributed by atoms with Gasteiger partial charge in [-0.25, -0.2) is 0 Å². The molecule has 2 saturated heterocycles. The van der Waals surface area contributed by atoms with Crippen LogP contribution in [0.5, 0.6) is 5.75 Å². The molecule has 0 spiro atoms. The third-order valence-corrected chi connectivity index (χ3v) is 12.6. The van der Waals surface area contributed by atoms with Crippen LogP contribution in [0.4, 0.5) is 0 Å². The lowest BCUT2D eigenvalue weighted by atomic mass is 9.98. The van der Waals surface area contributed by atoms with E-state index in [9.17, 15) is 67.7 Å². The maximum Gasteiger partial charge on any atom is 0.245 e. The molecule has 9 atom stereocenters. The Morgan fingerprint density at radius 1 is 0.603 bits per heavy atom. The topological polar surface area (TPSA) is 437 Å². The number of aliphatic hydroxyl groups excluding tert-OH is 1. The van der Waals surface area contributed by atoms with Gasteiger partial charge in [0, 0.05) is 31.8 Å². The fourth-order valence-electron chi connectivity index (χ4n) is 8.32. The Kier molecular flexibility index (Phi) is 24.5. The summed E-state index contributed by atoms with van der Waals surface area (Å²) in [5.74, 6) is -12.2. The van der Waals surface area contributed by atoms with Crippen molar-refractivity contribution in [3.05, 3.63) is 29.8 Å². The summed E-state index contributed by atoms with van der Waals surface area (Å²) in [5, 5.41) is 36.8. The van der Waals surface area contributed by atoms with Crippen LogP contribution in [0.15, 0.2) is 24.3 Å². The average Bonchev–Trinajstić information content (AvgIpc) is 3.82. The van der Waals surface area contributed by atoms with E-state index in [1.165, 1.54) is 29.2 Å². The van der Waals surface area contributed by atoms with E-state index in [1.807, 2.05) is 0 Å². The predicted octanol–water partition coefficient (Wildman–Crippen LogP) is -4.01. The number of phenols is 1. The minimum atomic E-state index is -1.90.